The summed E-state index contributed by atoms with van der Waals surface area (Å²) in [5.74, 6) is 0. The fourth-order valence-electron chi connectivity index (χ4n) is 1.70. The molecule has 4 heteroatoms. The molecule has 0 heterocycles. The molecule has 3 N–H and O–H groups in total. The van der Waals surface area contributed by atoms with Gasteiger partial charge in [-0.2, -0.15) is 0 Å². The van der Waals surface area contributed by atoms with E-state index < -0.39 is 0 Å². The Labute approximate surface area is 102 Å². The van der Waals surface area contributed by atoms with Gasteiger partial charge in [0, 0.05) is 18.7 Å². The predicted octanol–water partition coefficient (Wildman–Crippen LogP) is 1.13. The Hall–Kier alpha value is -0.970. The van der Waals surface area contributed by atoms with Crippen LogP contribution >= 0.6 is 12.2 Å². The highest BCUT2D eigenvalue weighted by Crippen LogP contribution is 2.11. The van der Waals surface area contributed by atoms with Crippen molar-refractivity contribution in [3.05, 3.63) is 35.4 Å². The molecule has 1 rings (SSSR count). The molecule has 1 aromatic carbocycles. The van der Waals surface area contributed by atoms with E-state index in [2.05, 4.69) is 0 Å². The Morgan fingerprint density at radius 1 is 1.50 bits per heavy atom. The highest BCUT2D eigenvalue weighted by atomic mass is 32.1. The minimum Gasteiger partial charge on any atom is -0.392 e. The molecule has 0 aliphatic heterocycles. The molecule has 0 amide bonds. The van der Waals surface area contributed by atoms with Gasteiger partial charge < -0.3 is 10.8 Å². The second-order valence-electron chi connectivity index (χ2n) is 4.07. The average molecular weight is 238 g/mol. The molecule has 0 radical (unpaired) electrons. The van der Waals surface area contributed by atoms with E-state index in [-0.39, 0.29) is 6.10 Å². The van der Waals surface area contributed by atoms with Crippen LogP contribution < -0.4 is 5.73 Å². The standard InChI is InChI=1S/C12H18N2OS/c1-9(15)7-14(2)8-10-5-3-4-6-11(10)12(13)16/h3-6,9,15H,7-8H2,1-2H3,(H2,13,16). The monoisotopic (exact) mass is 238 g/mol. The predicted molar refractivity (Wildman–Crippen MR) is 70.3 cm³/mol. The van der Waals surface area contributed by atoms with Gasteiger partial charge >= 0.3 is 0 Å². The maximum atomic E-state index is 9.29. The van der Waals surface area contributed by atoms with Gasteiger partial charge in [-0.25, -0.2) is 0 Å². The van der Waals surface area contributed by atoms with E-state index in [1.54, 1.807) is 6.92 Å². The van der Waals surface area contributed by atoms with Gasteiger partial charge in [0.05, 0.1) is 6.10 Å². The minimum atomic E-state index is -0.331. The lowest BCUT2D eigenvalue weighted by atomic mass is 10.1. The minimum absolute atomic E-state index is 0.331. The van der Waals surface area contributed by atoms with Crippen molar-refractivity contribution in [2.45, 2.75) is 19.6 Å². The van der Waals surface area contributed by atoms with Crippen molar-refractivity contribution in [2.24, 2.45) is 5.73 Å². The lowest BCUT2D eigenvalue weighted by Crippen LogP contribution is -2.27. The molecule has 1 unspecified atom stereocenters. The number of hydrogen-bond donors (Lipinski definition) is 2. The van der Waals surface area contributed by atoms with Gasteiger partial charge in [0.2, 0.25) is 0 Å². The molecule has 3 nitrogen and oxygen atoms in total. The first kappa shape index (κ1) is 13.1. The first-order chi connectivity index (χ1) is 7.50. The normalized spacial score (nSPS) is 12.8. The summed E-state index contributed by atoms with van der Waals surface area (Å²) in [6, 6.07) is 7.82. The second kappa shape index (κ2) is 5.94. The molecule has 0 aliphatic rings. The molecular weight excluding hydrogens is 220 g/mol. The lowest BCUT2D eigenvalue weighted by molar-refractivity contribution is 0.138. The Bertz CT molecular complexity index is 366. The highest BCUT2D eigenvalue weighted by molar-refractivity contribution is 7.80. The molecule has 16 heavy (non-hydrogen) atoms. The van der Waals surface area contributed by atoms with E-state index in [9.17, 15) is 5.11 Å². The van der Waals surface area contributed by atoms with Crippen LogP contribution in [0.25, 0.3) is 0 Å². The summed E-state index contributed by atoms with van der Waals surface area (Å²) in [5, 5.41) is 9.29. The number of nitrogens with two attached hydrogens (primary N) is 1. The molecule has 1 aromatic rings. The van der Waals surface area contributed by atoms with Crippen molar-refractivity contribution in [3.63, 3.8) is 0 Å². The van der Waals surface area contributed by atoms with Crippen molar-refractivity contribution in [3.8, 4) is 0 Å². The first-order valence-corrected chi connectivity index (χ1v) is 5.66. The summed E-state index contributed by atoms with van der Waals surface area (Å²) in [4.78, 5) is 2.46. The lowest BCUT2D eigenvalue weighted by Gasteiger charge is -2.19. The molecule has 0 bridgehead atoms. The van der Waals surface area contributed by atoms with Gasteiger partial charge in [-0.05, 0) is 19.5 Å². The zero-order valence-corrected chi connectivity index (χ0v) is 10.5. The molecule has 0 spiro atoms. The SMILES string of the molecule is CC(O)CN(C)Cc1ccccc1C(N)=S. The van der Waals surface area contributed by atoms with Gasteiger partial charge in [-0.15, -0.1) is 0 Å². The third-order valence-corrected chi connectivity index (χ3v) is 2.52. The molecule has 0 aliphatic carbocycles. The maximum absolute atomic E-state index is 9.29. The Balaban J connectivity index is 2.76. The molecule has 88 valence electrons. The maximum Gasteiger partial charge on any atom is 0.104 e. The Morgan fingerprint density at radius 2 is 2.12 bits per heavy atom. The van der Waals surface area contributed by atoms with Gasteiger partial charge in [0.15, 0.2) is 0 Å². The average Bonchev–Trinajstić information content (AvgIpc) is 2.16. The van der Waals surface area contributed by atoms with Gasteiger partial charge in [0.25, 0.3) is 0 Å². The van der Waals surface area contributed by atoms with Crippen LogP contribution in [0.2, 0.25) is 0 Å². The summed E-state index contributed by atoms with van der Waals surface area (Å²) < 4.78 is 0. The zero-order chi connectivity index (χ0) is 12.1. The van der Waals surface area contributed by atoms with Crippen LogP contribution in [0.5, 0.6) is 0 Å². The number of hydrogen-bond acceptors (Lipinski definition) is 3. The fourth-order valence-corrected chi connectivity index (χ4v) is 1.90. The summed E-state index contributed by atoms with van der Waals surface area (Å²) in [7, 11) is 1.96. The Kier molecular flexibility index (Phi) is 4.86. The largest absolute Gasteiger partial charge is 0.392 e. The smallest absolute Gasteiger partial charge is 0.104 e. The topological polar surface area (TPSA) is 49.5 Å². The number of likely N-dealkylation sites (N-methyl/N-ethyl adjacent to an activating group) is 1. The molecule has 0 saturated heterocycles. The van der Waals surface area contributed by atoms with E-state index in [0.29, 0.717) is 11.5 Å². The van der Waals surface area contributed by atoms with E-state index in [0.717, 1.165) is 17.7 Å². The van der Waals surface area contributed by atoms with Crippen molar-refractivity contribution in [2.75, 3.05) is 13.6 Å². The summed E-state index contributed by atoms with van der Waals surface area (Å²) >= 11 is 5.00. The van der Waals surface area contributed by atoms with Gasteiger partial charge in [-0.1, -0.05) is 36.5 Å². The summed E-state index contributed by atoms with van der Waals surface area (Å²) in [5.41, 5.74) is 7.66. The third-order valence-electron chi connectivity index (χ3n) is 2.30. The van der Waals surface area contributed by atoms with Gasteiger partial charge in [-0.3, -0.25) is 4.90 Å². The first-order valence-electron chi connectivity index (χ1n) is 5.25. The summed E-state index contributed by atoms with van der Waals surface area (Å²) in [6.07, 6.45) is -0.331. The number of aliphatic hydroxyl groups excluding tert-OH is 1. The van der Waals surface area contributed by atoms with Crippen molar-refractivity contribution in [1.29, 1.82) is 0 Å². The van der Waals surface area contributed by atoms with E-state index in [1.807, 2.05) is 36.2 Å². The molecule has 0 aromatic heterocycles. The van der Waals surface area contributed by atoms with Crippen LogP contribution in [0.3, 0.4) is 0 Å². The van der Waals surface area contributed by atoms with E-state index in [1.165, 1.54) is 0 Å². The number of rotatable bonds is 5. The van der Waals surface area contributed by atoms with Crippen LogP contribution in [0.4, 0.5) is 0 Å². The van der Waals surface area contributed by atoms with Crippen LogP contribution in [0.1, 0.15) is 18.1 Å². The van der Waals surface area contributed by atoms with Crippen molar-refractivity contribution in [1.82, 2.24) is 4.90 Å². The highest BCUT2D eigenvalue weighted by Gasteiger charge is 2.08. The van der Waals surface area contributed by atoms with Crippen LogP contribution in [-0.4, -0.2) is 34.7 Å². The van der Waals surface area contributed by atoms with Crippen LogP contribution in [0, 0.1) is 0 Å². The fraction of sp³-hybridized carbons (Fsp3) is 0.417. The van der Waals surface area contributed by atoms with Crippen LogP contribution in [-0.2, 0) is 6.54 Å². The summed E-state index contributed by atoms with van der Waals surface area (Å²) in [6.45, 7) is 3.14. The van der Waals surface area contributed by atoms with Crippen molar-refractivity contribution >= 4 is 17.2 Å². The van der Waals surface area contributed by atoms with Crippen molar-refractivity contribution < 1.29 is 5.11 Å². The van der Waals surface area contributed by atoms with E-state index in [4.69, 9.17) is 18.0 Å². The zero-order valence-electron chi connectivity index (χ0n) is 9.68. The quantitative estimate of drug-likeness (QED) is 0.755. The third kappa shape index (κ3) is 3.89. The Morgan fingerprint density at radius 3 is 2.69 bits per heavy atom. The number of aliphatic hydroxyl groups is 1. The number of thiocarbonyl (C=S) groups is 1. The molecule has 0 fully saturated rings. The number of benzene rings is 1. The van der Waals surface area contributed by atoms with Gasteiger partial charge in [0.1, 0.15) is 4.99 Å². The molecular formula is C12H18N2OS. The van der Waals surface area contributed by atoms with E-state index >= 15 is 0 Å². The van der Waals surface area contributed by atoms with Crippen LogP contribution in [0.15, 0.2) is 24.3 Å². The molecule has 1 atom stereocenters. The number of nitrogens with zero attached hydrogens (tertiary/aromatic N) is 1. The second-order valence-corrected chi connectivity index (χ2v) is 4.51. The molecule has 0 saturated carbocycles.